The van der Waals surface area contributed by atoms with Crippen LogP contribution >= 0.6 is 0 Å². The molecule has 0 saturated carbocycles. The Kier molecular flexibility index (Phi) is 5.04. The van der Waals surface area contributed by atoms with E-state index in [4.69, 9.17) is 9.37 Å². The fourth-order valence-electron chi connectivity index (χ4n) is 3.95. The van der Waals surface area contributed by atoms with Crippen LogP contribution in [0, 0.1) is 11.8 Å². The minimum absolute atomic E-state index is 0.0237. The molecular weight excluding hydrogens is 352 g/mol. The summed E-state index contributed by atoms with van der Waals surface area (Å²) in [5, 5.41) is 17.4. The van der Waals surface area contributed by atoms with Gasteiger partial charge in [-0.15, -0.1) is 0 Å². The number of carboxylic acid groups (broad SMARTS) is 1. The van der Waals surface area contributed by atoms with E-state index in [2.05, 4.69) is 10.3 Å². The van der Waals surface area contributed by atoms with Crippen LogP contribution in [0.25, 0.3) is 11.0 Å². The zero-order chi connectivity index (χ0) is 18.8. The Morgan fingerprint density at radius 2 is 1.93 bits per heavy atom. The first-order valence-corrected chi connectivity index (χ1v) is 9.13. The molecule has 2 aliphatic heterocycles. The van der Waals surface area contributed by atoms with Gasteiger partial charge in [0.25, 0.3) is 0 Å². The maximum Gasteiger partial charge on any atom is 0.307 e. The number of carboxylic acids is 1. The number of carbonyl (C=O) groups is 2. The standard InChI is InChI=1S/C18H22N4O5/c23-17(22-4-6-26-7-5-22)13-8-14(18(24)25)11-21(10-13)9-12-2-1-3-15-16(12)20-27-19-15/h1-3,13-14H,4-11H2,(H,24,25)/t13-,14+/m1/s1. The number of nitrogens with zero attached hydrogens (tertiary/aromatic N) is 4. The number of hydrogen-bond donors (Lipinski definition) is 1. The number of likely N-dealkylation sites (tertiary alicyclic amines) is 1. The van der Waals surface area contributed by atoms with Gasteiger partial charge in [-0.05, 0) is 28.4 Å². The first-order chi connectivity index (χ1) is 13.1. The molecule has 144 valence electrons. The maximum atomic E-state index is 12.9. The van der Waals surface area contributed by atoms with Gasteiger partial charge >= 0.3 is 5.97 Å². The maximum absolute atomic E-state index is 12.9. The Morgan fingerprint density at radius 3 is 2.70 bits per heavy atom. The number of morpholine rings is 1. The summed E-state index contributed by atoms with van der Waals surface area (Å²) in [6.07, 6.45) is 0.373. The number of fused-ring (bicyclic) bond motifs is 1. The number of piperidine rings is 1. The topological polar surface area (TPSA) is 109 Å². The number of carbonyl (C=O) groups excluding carboxylic acids is 1. The fraction of sp³-hybridized carbons (Fsp3) is 0.556. The van der Waals surface area contributed by atoms with Crippen LogP contribution in [0.3, 0.4) is 0 Å². The molecule has 4 rings (SSSR count). The quantitative estimate of drug-likeness (QED) is 0.829. The van der Waals surface area contributed by atoms with Crippen LogP contribution < -0.4 is 0 Å². The second-order valence-electron chi connectivity index (χ2n) is 7.15. The molecule has 2 atom stereocenters. The van der Waals surface area contributed by atoms with Gasteiger partial charge in [0.1, 0.15) is 11.0 Å². The predicted octanol–water partition coefficient (Wildman–Crippen LogP) is 0.604. The molecule has 1 N–H and O–H groups in total. The summed E-state index contributed by atoms with van der Waals surface area (Å²) >= 11 is 0. The zero-order valence-corrected chi connectivity index (χ0v) is 14.9. The SMILES string of the molecule is O=C(O)[C@H]1C[C@@H](C(=O)N2CCOCC2)CN(Cc2cccc3nonc23)C1. The monoisotopic (exact) mass is 374 g/mol. The van der Waals surface area contributed by atoms with E-state index in [0.717, 1.165) is 5.56 Å². The molecule has 2 aromatic rings. The van der Waals surface area contributed by atoms with E-state index < -0.39 is 11.9 Å². The van der Waals surface area contributed by atoms with E-state index >= 15 is 0 Å². The van der Waals surface area contributed by atoms with Crippen LogP contribution in [0.5, 0.6) is 0 Å². The van der Waals surface area contributed by atoms with E-state index in [1.165, 1.54) is 0 Å². The highest BCUT2D eigenvalue weighted by molar-refractivity contribution is 5.81. The highest BCUT2D eigenvalue weighted by Gasteiger charge is 2.37. The van der Waals surface area contributed by atoms with Crippen molar-refractivity contribution in [3.63, 3.8) is 0 Å². The second-order valence-corrected chi connectivity index (χ2v) is 7.15. The molecular formula is C18H22N4O5. The van der Waals surface area contributed by atoms with Gasteiger partial charge in [-0.1, -0.05) is 12.1 Å². The number of benzene rings is 1. The molecule has 27 heavy (non-hydrogen) atoms. The normalized spacial score (nSPS) is 24.2. The average molecular weight is 374 g/mol. The van der Waals surface area contributed by atoms with Crippen molar-refractivity contribution in [1.82, 2.24) is 20.1 Å². The number of amides is 1. The smallest absolute Gasteiger partial charge is 0.307 e. The molecule has 2 aliphatic rings. The van der Waals surface area contributed by atoms with Crippen LogP contribution in [-0.4, -0.2) is 76.5 Å². The lowest BCUT2D eigenvalue weighted by atomic mass is 9.87. The Balaban J connectivity index is 1.52. The van der Waals surface area contributed by atoms with Gasteiger partial charge in [-0.25, -0.2) is 4.63 Å². The van der Waals surface area contributed by atoms with Crippen molar-refractivity contribution in [2.75, 3.05) is 39.4 Å². The van der Waals surface area contributed by atoms with E-state index in [9.17, 15) is 14.7 Å². The minimum Gasteiger partial charge on any atom is -0.481 e. The van der Waals surface area contributed by atoms with Crippen molar-refractivity contribution in [2.24, 2.45) is 11.8 Å². The highest BCUT2D eigenvalue weighted by Crippen LogP contribution is 2.27. The van der Waals surface area contributed by atoms with E-state index in [1.54, 1.807) is 4.90 Å². The molecule has 9 nitrogen and oxygen atoms in total. The lowest BCUT2D eigenvalue weighted by Crippen LogP contribution is -2.51. The van der Waals surface area contributed by atoms with Gasteiger partial charge in [0, 0.05) is 32.7 Å². The molecule has 0 aliphatic carbocycles. The first-order valence-electron chi connectivity index (χ1n) is 9.13. The van der Waals surface area contributed by atoms with Crippen LogP contribution in [0.2, 0.25) is 0 Å². The molecule has 2 fully saturated rings. The molecule has 0 radical (unpaired) electrons. The van der Waals surface area contributed by atoms with E-state index in [0.29, 0.717) is 63.4 Å². The average Bonchev–Trinajstić information content (AvgIpc) is 3.18. The lowest BCUT2D eigenvalue weighted by molar-refractivity contribution is -0.149. The van der Waals surface area contributed by atoms with Crippen molar-refractivity contribution in [3.8, 4) is 0 Å². The van der Waals surface area contributed by atoms with Crippen molar-refractivity contribution in [1.29, 1.82) is 0 Å². The second kappa shape index (κ2) is 7.61. The summed E-state index contributed by atoms with van der Waals surface area (Å²) in [5.74, 6) is -1.73. The Hall–Kier alpha value is -2.52. The van der Waals surface area contributed by atoms with Crippen LogP contribution in [0.15, 0.2) is 22.8 Å². The number of hydrogen-bond acceptors (Lipinski definition) is 7. The zero-order valence-electron chi connectivity index (χ0n) is 14.9. The van der Waals surface area contributed by atoms with Gasteiger partial charge in [0.15, 0.2) is 0 Å². The number of aromatic nitrogens is 2. The van der Waals surface area contributed by atoms with Gasteiger partial charge in [-0.3, -0.25) is 14.5 Å². The Bertz CT molecular complexity index is 832. The first kappa shape index (κ1) is 17.9. The summed E-state index contributed by atoms with van der Waals surface area (Å²) in [6.45, 7) is 3.64. The summed E-state index contributed by atoms with van der Waals surface area (Å²) in [6, 6.07) is 5.61. The minimum atomic E-state index is -0.860. The molecule has 2 saturated heterocycles. The summed E-state index contributed by atoms with van der Waals surface area (Å²) in [4.78, 5) is 28.4. The van der Waals surface area contributed by atoms with Crippen LogP contribution in [-0.2, 0) is 20.9 Å². The molecule has 9 heteroatoms. The highest BCUT2D eigenvalue weighted by atomic mass is 16.6. The molecule has 0 bridgehead atoms. The predicted molar refractivity (Wildman–Crippen MR) is 93.7 cm³/mol. The number of aliphatic carboxylic acids is 1. The molecule has 0 unspecified atom stereocenters. The van der Waals surface area contributed by atoms with Crippen LogP contribution in [0.4, 0.5) is 0 Å². The number of ether oxygens (including phenoxy) is 1. The van der Waals surface area contributed by atoms with Gasteiger partial charge in [0.2, 0.25) is 5.91 Å². The van der Waals surface area contributed by atoms with Gasteiger partial charge < -0.3 is 14.7 Å². The number of rotatable bonds is 4. The molecule has 1 aromatic heterocycles. The molecule has 0 spiro atoms. The third-order valence-electron chi connectivity index (χ3n) is 5.31. The van der Waals surface area contributed by atoms with Crippen LogP contribution in [0.1, 0.15) is 12.0 Å². The van der Waals surface area contributed by atoms with E-state index in [1.807, 2.05) is 23.1 Å². The third-order valence-corrected chi connectivity index (χ3v) is 5.31. The molecule has 1 amide bonds. The Labute approximate surface area is 155 Å². The van der Waals surface area contributed by atoms with E-state index in [-0.39, 0.29) is 11.8 Å². The van der Waals surface area contributed by atoms with Gasteiger partial charge in [-0.2, -0.15) is 0 Å². The third kappa shape index (κ3) is 3.79. The lowest BCUT2D eigenvalue weighted by Gasteiger charge is -2.38. The summed E-state index contributed by atoms with van der Waals surface area (Å²) in [7, 11) is 0. The van der Waals surface area contributed by atoms with Crippen molar-refractivity contribution in [3.05, 3.63) is 23.8 Å². The Morgan fingerprint density at radius 1 is 1.15 bits per heavy atom. The van der Waals surface area contributed by atoms with Gasteiger partial charge in [0.05, 0.1) is 25.0 Å². The van der Waals surface area contributed by atoms with Crippen molar-refractivity contribution in [2.45, 2.75) is 13.0 Å². The molecule has 3 heterocycles. The van der Waals surface area contributed by atoms with Crippen molar-refractivity contribution < 1.29 is 24.1 Å². The summed E-state index contributed by atoms with van der Waals surface area (Å²) in [5.41, 5.74) is 2.25. The van der Waals surface area contributed by atoms with Crippen molar-refractivity contribution >= 4 is 22.9 Å². The summed E-state index contributed by atoms with van der Waals surface area (Å²) < 4.78 is 10.1. The molecule has 1 aromatic carbocycles. The largest absolute Gasteiger partial charge is 0.481 e. The fourth-order valence-corrected chi connectivity index (χ4v) is 3.95.